The van der Waals surface area contributed by atoms with E-state index in [-0.39, 0.29) is 10.9 Å². The molecule has 0 saturated heterocycles. The SMILES string of the molecule is CCC[SH](c1ccccc1)c1ccccc1. The predicted octanol–water partition coefficient (Wildman–Crippen LogP) is 4.52. The Morgan fingerprint density at radius 3 is 1.56 bits per heavy atom. The first-order chi connectivity index (χ1) is 7.92. The van der Waals surface area contributed by atoms with E-state index in [2.05, 4.69) is 67.6 Å². The normalized spacial score (nSPS) is 11.2. The molecule has 0 amide bonds. The molecule has 0 heterocycles. The smallest absolute Gasteiger partial charge is 0.00855 e. The maximum absolute atomic E-state index is 2.27. The highest BCUT2D eigenvalue weighted by atomic mass is 32.2. The second kappa shape index (κ2) is 5.76. The Balaban J connectivity index is 2.31. The molecular weight excluding hydrogens is 212 g/mol. The van der Waals surface area contributed by atoms with Crippen molar-refractivity contribution in [2.45, 2.75) is 23.1 Å². The average Bonchev–Trinajstić information content (AvgIpc) is 2.38. The zero-order valence-electron chi connectivity index (χ0n) is 9.63. The largest absolute Gasteiger partial charge is 0.200 e. The van der Waals surface area contributed by atoms with Crippen LogP contribution in [0.1, 0.15) is 13.3 Å². The van der Waals surface area contributed by atoms with E-state index in [9.17, 15) is 0 Å². The van der Waals surface area contributed by atoms with Crippen molar-refractivity contribution in [2.24, 2.45) is 0 Å². The van der Waals surface area contributed by atoms with Gasteiger partial charge in [-0.1, -0.05) is 67.6 Å². The monoisotopic (exact) mass is 230 g/mol. The highest BCUT2D eigenvalue weighted by Crippen LogP contribution is 2.44. The Labute approximate surface area is 101 Å². The summed E-state index contributed by atoms with van der Waals surface area (Å²) in [5.41, 5.74) is 0. The lowest BCUT2D eigenvalue weighted by Gasteiger charge is -2.21. The summed E-state index contributed by atoms with van der Waals surface area (Å²) < 4.78 is 0. The summed E-state index contributed by atoms with van der Waals surface area (Å²) in [5, 5.41) is 0. The molecule has 1 heteroatoms. The standard InChI is InChI=1S/C15H18S/c1-2-13-16(14-9-5-3-6-10-14)15-11-7-4-8-12-15/h3-12,16H,2,13H2,1H3. The van der Waals surface area contributed by atoms with Gasteiger partial charge in [0.05, 0.1) is 0 Å². The van der Waals surface area contributed by atoms with Gasteiger partial charge >= 0.3 is 0 Å². The van der Waals surface area contributed by atoms with Crippen LogP contribution in [-0.4, -0.2) is 5.75 Å². The fourth-order valence-electron chi connectivity index (χ4n) is 1.85. The number of hydrogen-bond acceptors (Lipinski definition) is 0. The second-order valence-corrected chi connectivity index (χ2v) is 6.16. The molecule has 2 aromatic rings. The summed E-state index contributed by atoms with van der Waals surface area (Å²) in [7, 11) is -0.151. The summed E-state index contributed by atoms with van der Waals surface area (Å²) in [6.07, 6.45) is 1.25. The third-order valence-electron chi connectivity index (χ3n) is 2.58. The van der Waals surface area contributed by atoms with Crippen molar-refractivity contribution in [3.8, 4) is 0 Å². The van der Waals surface area contributed by atoms with Gasteiger partial charge in [-0.05, 0) is 22.0 Å². The van der Waals surface area contributed by atoms with Crippen molar-refractivity contribution in [1.29, 1.82) is 0 Å². The van der Waals surface area contributed by atoms with Gasteiger partial charge in [-0.25, -0.2) is 10.9 Å². The van der Waals surface area contributed by atoms with E-state index >= 15 is 0 Å². The van der Waals surface area contributed by atoms with Gasteiger partial charge in [0.2, 0.25) is 0 Å². The topological polar surface area (TPSA) is 0 Å². The van der Waals surface area contributed by atoms with Gasteiger partial charge < -0.3 is 0 Å². The summed E-state index contributed by atoms with van der Waals surface area (Å²) in [6.45, 7) is 2.27. The van der Waals surface area contributed by atoms with Crippen molar-refractivity contribution < 1.29 is 0 Å². The Kier molecular flexibility index (Phi) is 4.06. The molecule has 0 nitrogen and oxygen atoms in total. The first-order valence-corrected chi connectivity index (χ1v) is 7.32. The van der Waals surface area contributed by atoms with Crippen LogP contribution >= 0.6 is 10.9 Å². The minimum Gasteiger partial charge on any atom is -0.200 e. The van der Waals surface area contributed by atoms with Gasteiger partial charge in [0.25, 0.3) is 0 Å². The van der Waals surface area contributed by atoms with Gasteiger partial charge in [0.1, 0.15) is 0 Å². The van der Waals surface area contributed by atoms with Crippen LogP contribution in [0.2, 0.25) is 0 Å². The van der Waals surface area contributed by atoms with Gasteiger partial charge in [0.15, 0.2) is 0 Å². The molecule has 84 valence electrons. The van der Waals surface area contributed by atoms with Crippen LogP contribution in [0.4, 0.5) is 0 Å². The van der Waals surface area contributed by atoms with Gasteiger partial charge in [0, 0.05) is 0 Å². The minimum atomic E-state index is -0.151. The first-order valence-electron chi connectivity index (χ1n) is 5.79. The lowest BCUT2D eigenvalue weighted by Crippen LogP contribution is -1.90. The maximum atomic E-state index is 2.27. The van der Waals surface area contributed by atoms with E-state index < -0.39 is 0 Å². The van der Waals surface area contributed by atoms with Crippen molar-refractivity contribution in [3.05, 3.63) is 60.7 Å². The third kappa shape index (κ3) is 2.67. The molecule has 0 N–H and O–H groups in total. The predicted molar refractivity (Wildman–Crippen MR) is 73.6 cm³/mol. The quantitative estimate of drug-likeness (QED) is 0.734. The zero-order chi connectivity index (χ0) is 11.2. The molecule has 0 saturated carbocycles. The van der Waals surface area contributed by atoms with E-state index in [0.717, 1.165) is 0 Å². The fourth-order valence-corrected chi connectivity index (χ4v) is 4.17. The van der Waals surface area contributed by atoms with Gasteiger partial charge in [-0.2, -0.15) is 0 Å². The lowest BCUT2D eigenvalue weighted by molar-refractivity contribution is 1.09. The van der Waals surface area contributed by atoms with Crippen LogP contribution in [0.25, 0.3) is 0 Å². The third-order valence-corrected chi connectivity index (χ3v) is 5.32. The van der Waals surface area contributed by atoms with Crippen LogP contribution in [0.5, 0.6) is 0 Å². The number of benzene rings is 2. The van der Waals surface area contributed by atoms with E-state index in [4.69, 9.17) is 0 Å². The van der Waals surface area contributed by atoms with Crippen molar-refractivity contribution in [2.75, 3.05) is 5.75 Å². The highest BCUT2D eigenvalue weighted by Gasteiger charge is 2.07. The number of thiol groups is 1. The Bertz CT molecular complexity index is 368. The number of hydrogen-bond donors (Lipinski definition) is 1. The van der Waals surface area contributed by atoms with Crippen molar-refractivity contribution >= 4 is 10.9 Å². The molecule has 0 aliphatic heterocycles. The summed E-state index contributed by atoms with van der Waals surface area (Å²) in [4.78, 5) is 2.98. The molecule has 0 radical (unpaired) electrons. The molecule has 0 unspecified atom stereocenters. The average molecular weight is 230 g/mol. The van der Waals surface area contributed by atoms with Crippen LogP contribution in [0.15, 0.2) is 70.5 Å². The first kappa shape index (κ1) is 11.3. The molecular formula is C15H18S. The molecule has 16 heavy (non-hydrogen) atoms. The Hall–Kier alpha value is -1.21. The molecule has 0 aromatic heterocycles. The minimum absolute atomic E-state index is 0.151. The molecule has 2 rings (SSSR count). The molecule has 0 fully saturated rings. The van der Waals surface area contributed by atoms with Gasteiger partial charge in [-0.15, -0.1) is 0 Å². The molecule has 2 aromatic carbocycles. The highest BCUT2D eigenvalue weighted by molar-refractivity contribution is 8.17. The number of rotatable bonds is 4. The molecule has 0 aliphatic carbocycles. The lowest BCUT2D eigenvalue weighted by atomic mass is 10.4. The second-order valence-electron chi connectivity index (χ2n) is 3.82. The summed E-state index contributed by atoms with van der Waals surface area (Å²) >= 11 is 0. The Morgan fingerprint density at radius 2 is 1.19 bits per heavy atom. The van der Waals surface area contributed by atoms with Crippen LogP contribution in [0.3, 0.4) is 0 Å². The van der Waals surface area contributed by atoms with E-state index in [1.165, 1.54) is 22.0 Å². The van der Waals surface area contributed by atoms with E-state index in [1.807, 2.05) is 0 Å². The van der Waals surface area contributed by atoms with Crippen molar-refractivity contribution in [1.82, 2.24) is 0 Å². The fraction of sp³-hybridized carbons (Fsp3) is 0.200. The van der Waals surface area contributed by atoms with Crippen LogP contribution < -0.4 is 0 Å². The molecule has 0 spiro atoms. The maximum Gasteiger partial charge on any atom is -0.00855 e. The van der Waals surface area contributed by atoms with Gasteiger partial charge in [-0.3, -0.25) is 0 Å². The van der Waals surface area contributed by atoms with Crippen LogP contribution in [0, 0.1) is 0 Å². The Morgan fingerprint density at radius 1 is 0.750 bits per heavy atom. The molecule has 0 atom stereocenters. The van der Waals surface area contributed by atoms with Crippen LogP contribution in [-0.2, 0) is 0 Å². The van der Waals surface area contributed by atoms with Crippen molar-refractivity contribution in [3.63, 3.8) is 0 Å². The van der Waals surface area contributed by atoms with E-state index in [0.29, 0.717) is 0 Å². The zero-order valence-corrected chi connectivity index (χ0v) is 10.5. The summed E-state index contributed by atoms with van der Waals surface area (Å²) in [5.74, 6) is 1.28. The summed E-state index contributed by atoms with van der Waals surface area (Å²) in [6, 6.07) is 21.8. The van der Waals surface area contributed by atoms with E-state index in [1.54, 1.807) is 0 Å². The molecule has 0 aliphatic rings. The molecule has 0 bridgehead atoms.